The highest BCUT2D eigenvalue weighted by molar-refractivity contribution is 5.96. The third kappa shape index (κ3) is 4.03. The predicted octanol–water partition coefficient (Wildman–Crippen LogP) is 2.90. The van der Waals surface area contributed by atoms with E-state index in [1.165, 1.54) is 0 Å². The molecule has 0 bridgehead atoms. The molecule has 0 radical (unpaired) electrons. The first-order valence-electron chi connectivity index (χ1n) is 9.31. The molecule has 1 heterocycles. The van der Waals surface area contributed by atoms with Crippen LogP contribution >= 0.6 is 0 Å². The highest BCUT2D eigenvalue weighted by Gasteiger charge is 2.30. The minimum absolute atomic E-state index is 0.205. The zero-order valence-electron chi connectivity index (χ0n) is 17.5. The van der Waals surface area contributed by atoms with E-state index in [9.17, 15) is 14.4 Å². The van der Waals surface area contributed by atoms with Crippen LogP contribution in [0.2, 0.25) is 0 Å². The van der Waals surface area contributed by atoms with Crippen molar-refractivity contribution in [3.8, 4) is 0 Å². The fraction of sp³-hybridized carbons (Fsp3) is 0.476. The third-order valence-electron chi connectivity index (χ3n) is 5.42. The molecule has 1 aliphatic rings. The summed E-state index contributed by atoms with van der Waals surface area (Å²) < 4.78 is 10.6. The van der Waals surface area contributed by atoms with Crippen LogP contribution in [0.15, 0.2) is 11.3 Å². The molecule has 0 saturated carbocycles. The topological polar surface area (TPSA) is 93.7 Å². The monoisotopic (exact) mass is 388 g/mol. The Morgan fingerprint density at radius 2 is 1.43 bits per heavy atom. The van der Waals surface area contributed by atoms with Crippen LogP contribution < -0.4 is 10.6 Å². The molecule has 0 fully saturated rings. The fourth-order valence-electron chi connectivity index (χ4n) is 3.41. The fourth-order valence-corrected chi connectivity index (χ4v) is 3.41. The first-order chi connectivity index (χ1) is 13.1. The molecule has 1 aliphatic heterocycles. The number of hydrogen-bond donors (Lipinski definition) is 2. The molecule has 28 heavy (non-hydrogen) atoms. The van der Waals surface area contributed by atoms with Crippen molar-refractivity contribution in [2.75, 3.05) is 13.2 Å². The first-order valence-corrected chi connectivity index (χ1v) is 9.31. The van der Waals surface area contributed by atoms with E-state index in [-0.39, 0.29) is 24.5 Å². The van der Waals surface area contributed by atoms with Crippen molar-refractivity contribution in [1.82, 2.24) is 10.6 Å². The van der Waals surface area contributed by atoms with Gasteiger partial charge in [0.1, 0.15) is 6.61 Å². The van der Waals surface area contributed by atoms with E-state index in [0.29, 0.717) is 5.56 Å². The Labute approximate surface area is 165 Å². The molecule has 7 nitrogen and oxygen atoms in total. The van der Waals surface area contributed by atoms with Crippen LogP contribution in [0.4, 0.5) is 4.79 Å². The Hall–Kier alpha value is -2.83. The number of benzene rings is 1. The maximum absolute atomic E-state index is 12.8. The normalized spacial score (nSPS) is 16.4. The van der Waals surface area contributed by atoms with E-state index in [4.69, 9.17) is 9.47 Å². The van der Waals surface area contributed by atoms with Crippen molar-refractivity contribution in [3.05, 3.63) is 44.7 Å². The van der Waals surface area contributed by atoms with Crippen LogP contribution in [0.1, 0.15) is 52.0 Å². The van der Waals surface area contributed by atoms with Crippen molar-refractivity contribution in [1.29, 1.82) is 0 Å². The number of amides is 2. The summed E-state index contributed by atoms with van der Waals surface area (Å²) in [4.78, 5) is 36.9. The van der Waals surface area contributed by atoms with Crippen molar-refractivity contribution < 1.29 is 23.9 Å². The molecule has 1 aromatic carbocycles. The summed E-state index contributed by atoms with van der Waals surface area (Å²) in [5.74, 6) is -1.04. The first kappa shape index (κ1) is 21.5. The molecule has 0 aromatic heterocycles. The second-order valence-corrected chi connectivity index (χ2v) is 7.01. The zero-order valence-corrected chi connectivity index (χ0v) is 17.5. The van der Waals surface area contributed by atoms with Crippen molar-refractivity contribution in [2.45, 2.75) is 54.5 Å². The van der Waals surface area contributed by atoms with Crippen molar-refractivity contribution >= 4 is 18.0 Å². The number of esters is 2. The summed E-state index contributed by atoms with van der Waals surface area (Å²) in [6.07, 6.45) is 0. The lowest BCUT2D eigenvalue weighted by molar-refractivity contribution is -0.139. The second kappa shape index (κ2) is 8.46. The standard InChI is InChI=1S/C21H28N2O5/c1-8-27-20(25)18-15(7)22-21(26)23-16(18)9-28-19(24)17-13(5)11(3)10(2)12(4)14(17)6/h15H,8-9H2,1-7H3,(H2,22,23,26)/t15-/m1/s1. The Bertz CT molecular complexity index is 841. The van der Waals surface area contributed by atoms with Crippen LogP contribution in [0, 0.1) is 34.6 Å². The summed E-state index contributed by atoms with van der Waals surface area (Å²) in [6.45, 7) is 13.1. The predicted molar refractivity (Wildman–Crippen MR) is 105 cm³/mol. The molecule has 2 amide bonds. The van der Waals surface area contributed by atoms with Gasteiger partial charge >= 0.3 is 18.0 Å². The molecule has 0 spiro atoms. The number of rotatable bonds is 5. The Morgan fingerprint density at radius 1 is 0.893 bits per heavy atom. The molecule has 1 aromatic rings. The van der Waals surface area contributed by atoms with Crippen molar-refractivity contribution in [3.63, 3.8) is 0 Å². The van der Waals surface area contributed by atoms with Gasteiger partial charge in [0.05, 0.1) is 29.5 Å². The Balaban J connectivity index is 2.33. The van der Waals surface area contributed by atoms with Crippen molar-refractivity contribution in [2.24, 2.45) is 0 Å². The van der Waals surface area contributed by atoms with Gasteiger partial charge in [-0.2, -0.15) is 0 Å². The summed E-state index contributed by atoms with van der Waals surface area (Å²) in [7, 11) is 0. The van der Waals surface area contributed by atoms with E-state index in [2.05, 4.69) is 10.6 Å². The maximum Gasteiger partial charge on any atom is 0.339 e. The number of urea groups is 1. The van der Waals surface area contributed by atoms with Gasteiger partial charge in [0.15, 0.2) is 0 Å². The van der Waals surface area contributed by atoms with Crippen LogP contribution in [0.5, 0.6) is 0 Å². The average molecular weight is 388 g/mol. The number of carbonyl (C=O) groups is 3. The summed E-state index contributed by atoms with van der Waals surface area (Å²) in [5.41, 5.74) is 5.99. The average Bonchev–Trinajstić information content (AvgIpc) is 2.62. The lowest BCUT2D eigenvalue weighted by Gasteiger charge is -2.26. The van der Waals surface area contributed by atoms with Gasteiger partial charge in [-0.1, -0.05) is 0 Å². The van der Waals surface area contributed by atoms with E-state index < -0.39 is 24.0 Å². The maximum atomic E-state index is 12.8. The Morgan fingerprint density at radius 3 is 1.96 bits per heavy atom. The van der Waals surface area contributed by atoms with E-state index in [1.54, 1.807) is 13.8 Å². The van der Waals surface area contributed by atoms with Gasteiger partial charge in [0, 0.05) is 0 Å². The summed E-state index contributed by atoms with van der Waals surface area (Å²) in [5, 5.41) is 5.16. The third-order valence-corrected chi connectivity index (χ3v) is 5.42. The molecule has 0 saturated heterocycles. The van der Waals surface area contributed by atoms with Gasteiger partial charge in [0.2, 0.25) is 0 Å². The molecule has 152 valence electrons. The number of carbonyl (C=O) groups excluding carboxylic acids is 3. The molecule has 2 rings (SSSR count). The van der Waals surface area contributed by atoms with Gasteiger partial charge in [-0.15, -0.1) is 0 Å². The molecule has 2 N–H and O–H groups in total. The van der Waals surface area contributed by atoms with E-state index in [0.717, 1.165) is 27.8 Å². The van der Waals surface area contributed by atoms with Crippen LogP contribution in [-0.4, -0.2) is 37.2 Å². The smallest absolute Gasteiger partial charge is 0.339 e. The highest BCUT2D eigenvalue weighted by atomic mass is 16.5. The van der Waals surface area contributed by atoms with Gasteiger partial charge in [-0.05, 0) is 76.3 Å². The van der Waals surface area contributed by atoms with Crippen LogP contribution in [0.25, 0.3) is 0 Å². The number of nitrogens with one attached hydrogen (secondary N) is 2. The summed E-state index contributed by atoms with van der Waals surface area (Å²) in [6, 6.07) is -1.00. The Kier molecular flexibility index (Phi) is 6.48. The number of hydrogen-bond acceptors (Lipinski definition) is 5. The van der Waals surface area contributed by atoms with Crippen LogP contribution in [0.3, 0.4) is 0 Å². The lowest BCUT2D eigenvalue weighted by Crippen LogP contribution is -2.50. The second-order valence-electron chi connectivity index (χ2n) is 7.01. The molecule has 7 heteroatoms. The minimum atomic E-state index is -0.553. The largest absolute Gasteiger partial charge is 0.463 e. The van der Waals surface area contributed by atoms with E-state index >= 15 is 0 Å². The highest BCUT2D eigenvalue weighted by Crippen LogP contribution is 2.27. The van der Waals surface area contributed by atoms with Crippen LogP contribution in [-0.2, 0) is 14.3 Å². The summed E-state index contributed by atoms with van der Waals surface area (Å²) >= 11 is 0. The zero-order chi connectivity index (χ0) is 21.2. The van der Waals surface area contributed by atoms with Gasteiger partial charge in [-0.25, -0.2) is 14.4 Å². The van der Waals surface area contributed by atoms with Gasteiger partial charge in [-0.3, -0.25) is 0 Å². The quantitative estimate of drug-likeness (QED) is 0.757. The SMILES string of the molecule is CCOC(=O)C1=C(COC(=O)c2c(C)c(C)c(C)c(C)c2C)NC(=O)N[C@@H]1C. The van der Waals surface area contributed by atoms with Gasteiger partial charge < -0.3 is 20.1 Å². The van der Waals surface area contributed by atoms with Gasteiger partial charge in [0.25, 0.3) is 0 Å². The molecule has 0 unspecified atom stereocenters. The number of ether oxygens (including phenoxy) is 2. The molecule has 0 aliphatic carbocycles. The lowest BCUT2D eigenvalue weighted by atomic mass is 9.90. The minimum Gasteiger partial charge on any atom is -0.463 e. The molecular formula is C21H28N2O5. The molecular weight excluding hydrogens is 360 g/mol. The van der Waals surface area contributed by atoms with E-state index in [1.807, 2.05) is 34.6 Å². The molecule has 1 atom stereocenters.